The molecule has 5 rings (SSSR count). The van der Waals surface area contributed by atoms with E-state index in [9.17, 15) is 14.4 Å². The van der Waals surface area contributed by atoms with Crippen molar-refractivity contribution in [2.45, 2.75) is 38.5 Å². The fourth-order valence-corrected chi connectivity index (χ4v) is 5.21. The zero-order chi connectivity index (χ0) is 25.2. The highest BCUT2D eigenvalue weighted by molar-refractivity contribution is 5.96. The molecular weight excluding hydrogens is 596 g/mol. The van der Waals surface area contributed by atoms with Crippen LogP contribution < -0.4 is 10.6 Å². The predicted molar refractivity (Wildman–Crippen MR) is 167 cm³/mol. The van der Waals surface area contributed by atoms with E-state index in [0.29, 0.717) is 24.5 Å². The van der Waals surface area contributed by atoms with E-state index in [0.717, 1.165) is 64.7 Å². The van der Waals surface area contributed by atoms with Crippen LogP contribution in [0.1, 0.15) is 59.5 Å². The topological polar surface area (TPSA) is 104 Å². The lowest BCUT2D eigenvalue weighted by molar-refractivity contribution is -0.137. The van der Waals surface area contributed by atoms with Crippen LogP contribution in [0.5, 0.6) is 0 Å². The summed E-state index contributed by atoms with van der Waals surface area (Å²) in [4.78, 5) is 47.0. The second-order valence-electron chi connectivity index (χ2n) is 9.81. The van der Waals surface area contributed by atoms with Gasteiger partial charge in [-0.2, -0.15) is 0 Å². The third-order valence-corrected chi connectivity index (χ3v) is 7.41. The number of aromatic nitrogens is 2. The summed E-state index contributed by atoms with van der Waals surface area (Å²) in [7, 11) is 0. The van der Waals surface area contributed by atoms with Crippen molar-refractivity contribution in [2.75, 3.05) is 39.3 Å². The summed E-state index contributed by atoms with van der Waals surface area (Å²) in [6.07, 6.45) is 8.59. The van der Waals surface area contributed by atoms with E-state index in [1.807, 2.05) is 29.2 Å². The molecule has 3 fully saturated rings. The normalized spacial score (nSPS) is 17.8. The average Bonchev–Trinajstić information content (AvgIpc) is 2.98. The lowest BCUT2D eigenvalue weighted by Gasteiger charge is -2.34. The summed E-state index contributed by atoms with van der Waals surface area (Å²) in [5.41, 5.74) is 1.16. The second-order valence-corrected chi connectivity index (χ2v) is 9.81. The lowest BCUT2D eigenvalue weighted by Crippen LogP contribution is -2.45. The van der Waals surface area contributed by atoms with Crippen molar-refractivity contribution in [3.63, 3.8) is 0 Å². The van der Waals surface area contributed by atoms with Gasteiger partial charge in [0.1, 0.15) is 11.4 Å². The number of carbonyl (C=O) groups is 3. The van der Waals surface area contributed by atoms with Crippen molar-refractivity contribution in [2.24, 2.45) is 17.8 Å². The quantitative estimate of drug-likeness (QED) is 0.467. The Labute approximate surface area is 261 Å². The molecule has 0 aromatic carbocycles. The molecule has 0 radical (unpaired) electrons. The van der Waals surface area contributed by atoms with Gasteiger partial charge in [-0.25, -0.2) is 0 Å². The van der Waals surface area contributed by atoms with E-state index in [1.165, 1.54) is 0 Å². The molecule has 5 heterocycles. The Morgan fingerprint density at radius 1 is 0.600 bits per heavy atom. The number of likely N-dealkylation sites (tertiary alicyclic amines) is 1. The highest BCUT2D eigenvalue weighted by Crippen LogP contribution is 2.24. The molecule has 3 aliphatic rings. The van der Waals surface area contributed by atoms with Crippen LogP contribution in [0.4, 0.5) is 0 Å². The molecule has 12 heteroatoms. The van der Waals surface area contributed by atoms with E-state index in [-0.39, 0.29) is 84.9 Å². The third kappa shape index (κ3) is 10.9. The summed E-state index contributed by atoms with van der Waals surface area (Å²) in [6.45, 7) is 5.17. The van der Waals surface area contributed by atoms with Crippen LogP contribution in [-0.4, -0.2) is 71.6 Å². The Bertz CT molecular complexity index is 1000. The zero-order valence-corrected chi connectivity index (χ0v) is 25.8. The minimum absolute atomic E-state index is 0. The summed E-state index contributed by atoms with van der Waals surface area (Å²) in [5, 5.41) is 6.54. The Kier molecular flexibility index (Phi) is 19.2. The first kappa shape index (κ1) is 38.2. The number of hydrogen-bond donors (Lipinski definition) is 2. The Hall–Kier alpha value is -1.81. The zero-order valence-electron chi connectivity index (χ0n) is 22.5. The van der Waals surface area contributed by atoms with Crippen molar-refractivity contribution in [3.8, 4) is 0 Å². The highest BCUT2D eigenvalue weighted by Gasteiger charge is 2.32. The molecule has 2 aromatic rings. The largest absolute Gasteiger partial charge is 0.342 e. The number of halogens is 4. The van der Waals surface area contributed by atoms with Gasteiger partial charge in [-0.05, 0) is 89.0 Å². The molecule has 1 amide bonds. The molecule has 0 aliphatic carbocycles. The molecule has 224 valence electrons. The van der Waals surface area contributed by atoms with E-state index in [2.05, 4.69) is 20.6 Å². The number of piperidine rings is 3. The number of Topliss-reactive ketones (excluding diaryl/α,β-unsaturated/α-hetero) is 2. The van der Waals surface area contributed by atoms with Gasteiger partial charge in [0.25, 0.3) is 0 Å². The van der Waals surface area contributed by atoms with Crippen LogP contribution in [0.25, 0.3) is 0 Å². The minimum atomic E-state index is 0. The fraction of sp³-hybridized carbons (Fsp3) is 0.536. The first-order chi connectivity index (χ1) is 17.6. The van der Waals surface area contributed by atoms with Gasteiger partial charge in [-0.1, -0.05) is 12.1 Å². The van der Waals surface area contributed by atoms with Gasteiger partial charge in [0.05, 0.1) is 0 Å². The molecule has 3 aliphatic heterocycles. The van der Waals surface area contributed by atoms with E-state index >= 15 is 0 Å². The van der Waals surface area contributed by atoms with Crippen LogP contribution in [0.15, 0.2) is 48.8 Å². The molecule has 2 aromatic heterocycles. The summed E-state index contributed by atoms with van der Waals surface area (Å²) in [6, 6.07) is 10.9. The Morgan fingerprint density at radius 3 is 1.40 bits per heavy atom. The highest BCUT2D eigenvalue weighted by atomic mass is 35.5. The first-order valence-corrected chi connectivity index (χ1v) is 13.2. The molecule has 0 atom stereocenters. The van der Waals surface area contributed by atoms with Gasteiger partial charge in [0.15, 0.2) is 11.6 Å². The summed E-state index contributed by atoms with van der Waals surface area (Å²) in [5.74, 6) is 0.953. The number of amides is 1. The summed E-state index contributed by atoms with van der Waals surface area (Å²) >= 11 is 0. The number of hydrogen-bond acceptors (Lipinski definition) is 7. The molecule has 0 saturated carbocycles. The maximum Gasteiger partial charge on any atom is 0.225 e. The first-order valence-electron chi connectivity index (χ1n) is 13.2. The van der Waals surface area contributed by atoms with Crippen molar-refractivity contribution < 1.29 is 14.4 Å². The lowest BCUT2D eigenvalue weighted by atomic mass is 9.89. The number of nitrogens with one attached hydrogen (secondary N) is 2. The standard InChI is InChI=1S/C17H23N3O2.C11H14N2O.4ClH/c21-16(15-3-1-2-8-19-15)13-6-11-20(12-7-13)17(22)14-4-9-18-10-5-14;14-11(9-4-7-12-8-5-9)10-3-1-2-6-13-10;;;;/h1-3,8,13-14,18H,4-7,9-12H2;1-3,6,9,12H,4-5,7-8H2;4*1H. The number of nitrogens with zero attached hydrogens (tertiary/aromatic N) is 3. The number of pyridine rings is 2. The molecule has 3 saturated heterocycles. The van der Waals surface area contributed by atoms with Gasteiger partial charge < -0.3 is 15.5 Å². The monoisotopic (exact) mass is 635 g/mol. The fourth-order valence-electron chi connectivity index (χ4n) is 5.21. The van der Waals surface area contributed by atoms with E-state index < -0.39 is 0 Å². The van der Waals surface area contributed by atoms with E-state index in [1.54, 1.807) is 24.5 Å². The molecule has 8 nitrogen and oxygen atoms in total. The van der Waals surface area contributed by atoms with Crippen LogP contribution in [0, 0.1) is 17.8 Å². The number of carbonyl (C=O) groups excluding carboxylic acids is 3. The van der Waals surface area contributed by atoms with Crippen LogP contribution in [0.3, 0.4) is 0 Å². The van der Waals surface area contributed by atoms with Gasteiger partial charge in [-0.15, -0.1) is 49.6 Å². The van der Waals surface area contributed by atoms with Crippen molar-refractivity contribution in [1.82, 2.24) is 25.5 Å². The van der Waals surface area contributed by atoms with Gasteiger partial charge in [0.2, 0.25) is 5.91 Å². The SMILES string of the molecule is Cl.Cl.Cl.Cl.O=C(c1ccccn1)C1CCN(C(=O)C2CCNCC2)CC1.O=C(c1ccccn1)C1CCNCC1. The van der Waals surface area contributed by atoms with E-state index in [4.69, 9.17) is 0 Å². The third-order valence-electron chi connectivity index (χ3n) is 7.41. The van der Waals surface area contributed by atoms with Crippen molar-refractivity contribution in [1.29, 1.82) is 0 Å². The van der Waals surface area contributed by atoms with Crippen LogP contribution in [-0.2, 0) is 4.79 Å². The maximum atomic E-state index is 12.5. The van der Waals surface area contributed by atoms with Crippen molar-refractivity contribution >= 4 is 67.1 Å². The minimum Gasteiger partial charge on any atom is -0.342 e. The van der Waals surface area contributed by atoms with Crippen LogP contribution in [0.2, 0.25) is 0 Å². The Morgan fingerprint density at radius 2 is 1.00 bits per heavy atom. The summed E-state index contributed by atoms with van der Waals surface area (Å²) < 4.78 is 0. The Balaban J connectivity index is 0.000000745. The van der Waals surface area contributed by atoms with Gasteiger partial charge in [0, 0.05) is 43.2 Å². The molecule has 0 bridgehead atoms. The number of ketones is 2. The van der Waals surface area contributed by atoms with Gasteiger partial charge >= 0.3 is 0 Å². The average molecular weight is 637 g/mol. The molecule has 40 heavy (non-hydrogen) atoms. The molecule has 0 spiro atoms. The van der Waals surface area contributed by atoms with Gasteiger partial charge in [-0.3, -0.25) is 24.4 Å². The second kappa shape index (κ2) is 20.1. The molecule has 2 N–H and O–H groups in total. The predicted octanol–water partition coefficient (Wildman–Crippen LogP) is 4.45. The van der Waals surface area contributed by atoms with Crippen molar-refractivity contribution in [3.05, 3.63) is 60.2 Å². The molecular formula is C28H41Cl4N5O3. The smallest absolute Gasteiger partial charge is 0.225 e. The maximum absolute atomic E-state index is 12.5. The number of rotatable bonds is 5. The molecule has 0 unspecified atom stereocenters. The van der Waals surface area contributed by atoms with Crippen LogP contribution >= 0.6 is 49.6 Å².